The predicted octanol–water partition coefficient (Wildman–Crippen LogP) is 2.76. The maximum absolute atomic E-state index is 11.5. The molecule has 0 heterocycles. The minimum atomic E-state index is 0.0370. The van der Waals surface area contributed by atoms with Crippen molar-refractivity contribution in [3.05, 3.63) is 35.9 Å². The van der Waals surface area contributed by atoms with Gasteiger partial charge in [0.1, 0.15) is 0 Å². The van der Waals surface area contributed by atoms with Gasteiger partial charge in [-0.1, -0.05) is 18.2 Å². The van der Waals surface area contributed by atoms with Crippen LogP contribution < -0.4 is 0 Å². The van der Waals surface area contributed by atoms with Crippen LogP contribution in [0.1, 0.15) is 10.4 Å². The average molecular weight is 293 g/mol. The summed E-state index contributed by atoms with van der Waals surface area (Å²) in [6.45, 7) is 0. The number of benzene rings is 1. The molecule has 0 aliphatic heterocycles. The molecule has 0 saturated heterocycles. The fraction of sp³-hybridized carbons (Fsp3) is 0.125. The van der Waals surface area contributed by atoms with Gasteiger partial charge in [-0.2, -0.15) is 0 Å². The zero-order chi connectivity index (χ0) is 8.97. The van der Waals surface area contributed by atoms with E-state index in [1.54, 1.807) is 11.4 Å². The molecule has 0 fully saturated rings. The Morgan fingerprint density at radius 3 is 2.50 bits per heavy atom. The van der Waals surface area contributed by atoms with Crippen molar-refractivity contribution in [2.75, 3.05) is 7.05 Å². The quantitative estimate of drug-likeness (QED) is 0.617. The van der Waals surface area contributed by atoms with Gasteiger partial charge in [0.25, 0.3) is 5.91 Å². The van der Waals surface area contributed by atoms with E-state index in [1.165, 1.54) is 9.12 Å². The van der Waals surface area contributed by atoms with Gasteiger partial charge in [0.05, 0.1) is 0 Å². The summed E-state index contributed by atoms with van der Waals surface area (Å²) in [4.78, 5) is 11.5. The third-order valence-electron chi connectivity index (χ3n) is 1.41. The normalized spacial score (nSPS) is 9.50. The standard InChI is InChI=1S/C8H8INOS/c1-10(12-9)8(11)7-5-3-2-4-6-7/h2-6H,1H3. The minimum Gasteiger partial charge on any atom is -0.277 e. The Morgan fingerprint density at radius 2 is 2.00 bits per heavy atom. The van der Waals surface area contributed by atoms with E-state index in [1.807, 2.05) is 30.3 Å². The Hall–Kier alpha value is -0.230. The zero-order valence-corrected chi connectivity index (χ0v) is 9.50. The lowest BCUT2D eigenvalue weighted by molar-refractivity contribution is 0.0893. The van der Waals surface area contributed by atoms with Crippen LogP contribution in [-0.4, -0.2) is 17.3 Å². The fourth-order valence-corrected chi connectivity index (χ4v) is 1.50. The summed E-state index contributed by atoms with van der Waals surface area (Å²) >= 11 is 2.08. The molecule has 0 N–H and O–H groups in total. The molecule has 0 bridgehead atoms. The lowest BCUT2D eigenvalue weighted by Crippen LogP contribution is -2.17. The highest BCUT2D eigenvalue weighted by molar-refractivity contribution is 14.2. The molecule has 1 amide bonds. The van der Waals surface area contributed by atoms with E-state index in [9.17, 15) is 4.79 Å². The van der Waals surface area contributed by atoms with Crippen molar-refractivity contribution in [1.29, 1.82) is 0 Å². The van der Waals surface area contributed by atoms with E-state index < -0.39 is 0 Å². The number of amides is 1. The van der Waals surface area contributed by atoms with Crippen LogP contribution in [0.3, 0.4) is 0 Å². The van der Waals surface area contributed by atoms with Crippen molar-refractivity contribution in [3.63, 3.8) is 0 Å². The van der Waals surface area contributed by atoms with Gasteiger partial charge in [-0.3, -0.25) is 9.10 Å². The first-order valence-electron chi connectivity index (χ1n) is 3.37. The highest BCUT2D eigenvalue weighted by Crippen LogP contribution is 2.18. The number of halogens is 1. The van der Waals surface area contributed by atoms with Crippen LogP contribution >= 0.6 is 30.3 Å². The molecule has 0 radical (unpaired) electrons. The van der Waals surface area contributed by atoms with Gasteiger partial charge in [0.2, 0.25) is 0 Å². The van der Waals surface area contributed by atoms with Gasteiger partial charge >= 0.3 is 0 Å². The molecular formula is C8H8INOS. The van der Waals surface area contributed by atoms with Crippen LogP contribution in [0, 0.1) is 0 Å². The van der Waals surface area contributed by atoms with Gasteiger partial charge < -0.3 is 0 Å². The largest absolute Gasteiger partial charge is 0.277 e. The van der Waals surface area contributed by atoms with Crippen molar-refractivity contribution < 1.29 is 4.79 Å². The summed E-state index contributed by atoms with van der Waals surface area (Å²) < 4.78 is 1.59. The predicted molar refractivity (Wildman–Crippen MR) is 60.1 cm³/mol. The average Bonchev–Trinajstić information content (AvgIpc) is 2.17. The maximum Gasteiger partial charge on any atom is 0.264 e. The van der Waals surface area contributed by atoms with Crippen LogP contribution in [0.25, 0.3) is 0 Å². The Morgan fingerprint density at radius 1 is 1.42 bits per heavy atom. The Balaban J connectivity index is 2.79. The van der Waals surface area contributed by atoms with Gasteiger partial charge in [-0.15, -0.1) is 0 Å². The van der Waals surface area contributed by atoms with Crippen molar-refractivity contribution in [1.82, 2.24) is 4.31 Å². The molecule has 0 unspecified atom stereocenters. The fourth-order valence-electron chi connectivity index (χ4n) is 0.794. The molecule has 0 aliphatic carbocycles. The van der Waals surface area contributed by atoms with Crippen molar-refractivity contribution in [2.24, 2.45) is 0 Å². The molecule has 0 aromatic heterocycles. The maximum atomic E-state index is 11.5. The first-order chi connectivity index (χ1) is 5.75. The smallest absolute Gasteiger partial charge is 0.264 e. The topological polar surface area (TPSA) is 20.3 Å². The zero-order valence-electron chi connectivity index (χ0n) is 6.53. The molecule has 12 heavy (non-hydrogen) atoms. The number of carbonyl (C=O) groups is 1. The SMILES string of the molecule is CN(SI)C(=O)c1ccccc1. The first-order valence-corrected chi connectivity index (χ1v) is 6.69. The molecule has 2 nitrogen and oxygen atoms in total. The van der Waals surface area contributed by atoms with E-state index in [2.05, 4.69) is 21.2 Å². The third-order valence-corrected chi connectivity index (χ3v) is 3.56. The van der Waals surface area contributed by atoms with Gasteiger partial charge in [0.15, 0.2) is 0 Å². The number of nitrogens with zero attached hydrogens (tertiary/aromatic N) is 1. The number of hydrogen-bond donors (Lipinski definition) is 0. The van der Waals surface area contributed by atoms with Gasteiger partial charge in [-0.25, -0.2) is 0 Å². The lowest BCUT2D eigenvalue weighted by atomic mass is 10.2. The van der Waals surface area contributed by atoms with Crippen LogP contribution in [0.2, 0.25) is 0 Å². The van der Waals surface area contributed by atoms with E-state index >= 15 is 0 Å². The lowest BCUT2D eigenvalue weighted by Gasteiger charge is -2.10. The van der Waals surface area contributed by atoms with Crippen molar-refractivity contribution in [2.45, 2.75) is 0 Å². The van der Waals surface area contributed by atoms with Gasteiger partial charge in [-0.05, 0) is 12.1 Å². The summed E-state index contributed by atoms with van der Waals surface area (Å²) in [6, 6.07) is 9.24. The van der Waals surface area contributed by atoms with E-state index in [4.69, 9.17) is 0 Å². The molecule has 4 heteroatoms. The summed E-state index contributed by atoms with van der Waals surface area (Å²) in [6.07, 6.45) is 0. The molecule has 64 valence electrons. The van der Waals surface area contributed by atoms with E-state index in [0.717, 1.165) is 5.56 Å². The van der Waals surface area contributed by atoms with Crippen LogP contribution in [0.4, 0.5) is 0 Å². The van der Waals surface area contributed by atoms with Crippen LogP contribution in [-0.2, 0) is 0 Å². The molecule has 0 atom stereocenters. The summed E-state index contributed by atoms with van der Waals surface area (Å²) in [5, 5.41) is 0. The summed E-state index contributed by atoms with van der Waals surface area (Å²) in [7, 11) is 3.14. The summed E-state index contributed by atoms with van der Waals surface area (Å²) in [5.41, 5.74) is 0.726. The Labute approximate surface area is 88.1 Å². The number of rotatable bonds is 2. The van der Waals surface area contributed by atoms with Gasteiger partial charge in [0, 0.05) is 42.9 Å². The molecule has 0 saturated carbocycles. The molecular weight excluding hydrogens is 285 g/mol. The monoisotopic (exact) mass is 293 g/mol. The molecule has 1 aromatic carbocycles. The molecule has 1 aromatic rings. The first kappa shape index (κ1) is 9.85. The van der Waals surface area contributed by atoms with E-state index in [0.29, 0.717) is 0 Å². The summed E-state index contributed by atoms with van der Waals surface area (Å²) in [5.74, 6) is 0.0370. The highest BCUT2D eigenvalue weighted by atomic mass is 127. The minimum absolute atomic E-state index is 0.0370. The molecule has 1 rings (SSSR count). The Bertz CT molecular complexity index is 265. The van der Waals surface area contributed by atoms with Crippen LogP contribution in [0.5, 0.6) is 0 Å². The molecule has 0 spiro atoms. The highest BCUT2D eigenvalue weighted by Gasteiger charge is 2.09. The Kier molecular flexibility index (Phi) is 3.87. The second-order valence-corrected chi connectivity index (χ2v) is 4.11. The van der Waals surface area contributed by atoms with Crippen molar-refractivity contribution in [3.8, 4) is 0 Å². The second kappa shape index (κ2) is 4.71. The number of hydrogen-bond acceptors (Lipinski definition) is 2. The van der Waals surface area contributed by atoms with Crippen molar-refractivity contribution >= 4 is 36.2 Å². The number of carbonyl (C=O) groups excluding carboxylic acids is 1. The van der Waals surface area contributed by atoms with E-state index in [-0.39, 0.29) is 5.91 Å². The molecule has 0 aliphatic rings. The third kappa shape index (κ3) is 2.38. The second-order valence-electron chi connectivity index (χ2n) is 2.24. The van der Waals surface area contributed by atoms with Crippen LogP contribution in [0.15, 0.2) is 30.3 Å².